The van der Waals surface area contributed by atoms with Crippen LogP contribution in [0.5, 0.6) is 0 Å². The number of benzene rings is 3. The van der Waals surface area contributed by atoms with E-state index in [0.717, 1.165) is 0 Å². The van der Waals surface area contributed by atoms with Crippen molar-refractivity contribution >= 4 is 5.57 Å². The number of hydrogen-bond donors (Lipinski definition) is 0. The molecular weight excluding hydrogens is 360 g/mol. The Morgan fingerprint density at radius 2 is 1.10 bits per heavy atom. The maximum atomic E-state index is 2.54. The molecule has 6 rings (SSSR count). The van der Waals surface area contributed by atoms with E-state index in [1.165, 1.54) is 80.5 Å². The summed E-state index contributed by atoms with van der Waals surface area (Å²) in [4.78, 5) is 0. The molecule has 0 N–H and O–H groups in total. The van der Waals surface area contributed by atoms with Crippen LogP contribution in [0.2, 0.25) is 0 Å². The summed E-state index contributed by atoms with van der Waals surface area (Å²) in [6, 6.07) is 21.3. The molecule has 0 aliphatic heterocycles. The van der Waals surface area contributed by atoms with Gasteiger partial charge in [-0.15, -0.1) is 0 Å². The van der Waals surface area contributed by atoms with Gasteiger partial charge in [0.15, 0.2) is 0 Å². The van der Waals surface area contributed by atoms with Crippen LogP contribution < -0.4 is 0 Å². The first-order valence-corrected chi connectivity index (χ1v) is 11.2. The van der Waals surface area contributed by atoms with Crippen molar-refractivity contribution in [1.29, 1.82) is 0 Å². The Labute approximate surface area is 180 Å². The molecule has 3 aliphatic carbocycles. The molecule has 3 aromatic rings. The molecule has 3 aliphatic rings. The van der Waals surface area contributed by atoms with Gasteiger partial charge in [0.05, 0.1) is 5.41 Å². The van der Waals surface area contributed by atoms with E-state index in [9.17, 15) is 0 Å². The van der Waals surface area contributed by atoms with Crippen molar-refractivity contribution in [3.8, 4) is 11.1 Å². The first-order valence-electron chi connectivity index (χ1n) is 11.2. The van der Waals surface area contributed by atoms with E-state index in [1.54, 1.807) is 5.57 Å². The van der Waals surface area contributed by atoms with E-state index in [4.69, 9.17) is 0 Å². The molecule has 3 aromatic carbocycles. The van der Waals surface area contributed by atoms with Crippen LogP contribution in [0.25, 0.3) is 16.7 Å². The van der Waals surface area contributed by atoms with Crippen LogP contribution in [0.15, 0.2) is 71.8 Å². The third kappa shape index (κ3) is 2.17. The van der Waals surface area contributed by atoms with Crippen LogP contribution in [0.1, 0.15) is 65.1 Å². The van der Waals surface area contributed by atoms with Gasteiger partial charge in [0, 0.05) is 0 Å². The van der Waals surface area contributed by atoms with Crippen LogP contribution >= 0.6 is 0 Å². The predicted molar refractivity (Wildman–Crippen MR) is 127 cm³/mol. The maximum absolute atomic E-state index is 2.54. The van der Waals surface area contributed by atoms with Gasteiger partial charge in [-0.2, -0.15) is 0 Å². The minimum absolute atomic E-state index is 0.176. The molecule has 0 amide bonds. The minimum Gasteiger partial charge on any atom is -0.0730 e. The molecule has 0 heterocycles. The molecule has 0 unspecified atom stereocenters. The Hall–Kier alpha value is -2.86. The van der Waals surface area contributed by atoms with Crippen LogP contribution in [0.4, 0.5) is 0 Å². The average molecular weight is 389 g/mol. The minimum atomic E-state index is -0.176. The summed E-state index contributed by atoms with van der Waals surface area (Å²) in [5.74, 6) is 0. The highest BCUT2D eigenvalue weighted by Crippen LogP contribution is 2.63. The Morgan fingerprint density at radius 3 is 1.67 bits per heavy atom. The predicted octanol–water partition coefficient (Wildman–Crippen LogP) is 7.82. The second-order valence-electron chi connectivity index (χ2n) is 9.63. The van der Waals surface area contributed by atoms with E-state index < -0.39 is 0 Å². The van der Waals surface area contributed by atoms with Crippen molar-refractivity contribution in [1.82, 2.24) is 0 Å². The second-order valence-corrected chi connectivity index (χ2v) is 9.63. The summed E-state index contributed by atoms with van der Waals surface area (Å²) in [6.07, 6.45) is 6.15. The fourth-order valence-electron chi connectivity index (χ4n) is 6.21. The van der Waals surface area contributed by atoms with Crippen LogP contribution in [-0.2, 0) is 5.41 Å². The Kier molecular flexibility index (Phi) is 3.64. The molecule has 0 aromatic heterocycles. The van der Waals surface area contributed by atoms with Crippen molar-refractivity contribution in [2.45, 2.75) is 52.4 Å². The fraction of sp³-hybridized carbons (Fsp3) is 0.267. The smallest absolute Gasteiger partial charge is 0.0722 e. The van der Waals surface area contributed by atoms with Crippen LogP contribution in [0, 0.1) is 20.8 Å². The molecule has 0 saturated heterocycles. The molecule has 0 saturated carbocycles. The molecule has 0 heteroatoms. The lowest BCUT2D eigenvalue weighted by Gasteiger charge is -2.32. The molecule has 148 valence electrons. The zero-order valence-electron chi connectivity index (χ0n) is 18.4. The van der Waals surface area contributed by atoms with E-state index in [1.807, 2.05) is 0 Å². The van der Waals surface area contributed by atoms with Gasteiger partial charge in [-0.05, 0) is 91.5 Å². The quantitative estimate of drug-likeness (QED) is 0.368. The number of rotatable bonds is 0. The van der Waals surface area contributed by atoms with Crippen molar-refractivity contribution < 1.29 is 0 Å². The van der Waals surface area contributed by atoms with E-state index in [2.05, 4.69) is 88.4 Å². The molecule has 0 radical (unpaired) electrons. The Morgan fingerprint density at radius 1 is 0.600 bits per heavy atom. The zero-order valence-corrected chi connectivity index (χ0v) is 18.4. The molecule has 0 fully saturated rings. The van der Waals surface area contributed by atoms with E-state index in [0.29, 0.717) is 0 Å². The van der Waals surface area contributed by atoms with Crippen molar-refractivity contribution in [2.24, 2.45) is 0 Å². The number of aryl methyl sites for hydroxylation is 3. The monoisotopic (exact) mass is 388 g/mol. The molecular formula is C30H28. The molecule has 1 spiro atoms. The first-order chi connectivity index (χ1) is 14.5. The summed E-state index contributed by atoms with van der Waals surface area (Å²) in [7, 11) is 0. The summed E-state index contributed by atoms with van der Waals surface area (Å²) in [5.41, 5.74) is 17.2. The van der Waals surface area contributed by atoms with Gasteiger partial charge in [-0.25, -0.2) is 0 Å². The van der Waals surface area contributed by atoms with E-state index >= 15 is 0 Å². The summed E-state index contributed by atoms with van der Waals surface area (Å²) in [6.45, 7) is 9.03. The zero-order chi connectivity index (χ0) is 20.6. The Bertz CT molecular complexity index is 1240. The van der Waals surface area contributed by atoms with Crippen molar-refractivity contribution in [2.75, 3.05) is 0 Å². The fourth-order valence-corrected chi connectivity index (χ4v) is 6.21. The highest BCUT2D eigenvalue weighted by molar-refractivity contribution is 5.96. The lowest BCUT2D eigenvalue weighted by molar-refractivity contribution is 0.780. The van der Waals surface area contributed by atoms with Crippen molar-refractivity contribution in [3.05, 3.63) is 111 Å². The van der Waals surface area contributed by atoms with Gasteiger partial charge < -0.3 is 0 Å². The number of allylic oxidation sites excluding steroid dienone is 4. The van der Waals surface area contributed by atoms with Gasteiger partial charge in [-0.3, -0.25) is 0 Å². The highest BCUT2D eigenvalue weighted by atomic mass is 14.5. The summed E-state index contributed by atoms with van der Waals surface area (Å²) < 4.78 is 0. The second kappa shape index (κ2) is 6.08. The SMILES string of the molecule is CC1=CC2=C(CCC1)c1ccc(C)cc1C21c2cc(C)ccc2-c2ccc(C)cc21. The summed E-state index contributed by atoms with van der Waals surface area (Å²) in [5, 5.41) is 0. The lowest BCUT2D eigenvalue weighted by atomic mass is 9.68. The first kappa shape index (κ1) is 18.0. The van der Waals surface area contributed by atoms with Gasteiger partial charge in [0.2, 0.25) is 0 Å². The third-order valence-electron chi connectivity index (χ3n) is 7.47. The molecule has 0 bridgehead atoms. The van der Waals surface area contributed by atoms with Gasteiger partial charge in [0.25, 0.3) is 0 Å². The maximum Gasteiger partial charge on any atom is 0.0722 e. The van der Waals surface area contributed by atoms with Crippen LogP contribution in [-0.4, -0.2) is 0 Å². The average Bonchev–Trinajstić information content (AvgIpc) is 3.03. The number of hydrogen-bond acceptors (Lipinski definition) is 0. The van der Waals surface area contributed by atoms with Gasteiger partial charge >= 0.3 is 0 Å². The molecule has 0 atom stereocenters. The van der Waals surface area contributed by atoms with Crippen LogP contribution in [0.3, 0.4) is 0 Å². The highest BCUT2D eigenvalue weighted by Gasteiger charge is 2.52. The van der Waals surface area contributed by atoms with E-state index in [-0.39, 0.29) is 5.41 Å². The lowest BCUT2D eigenvalue weighted by Crippen LogP contribution is -2.27. The molecule has 30 heavy (non-hydrogen) atoms. The summed E-state index contributed by atoms with van der Waals surface area (Å²) >= 11 is 0. The Balaban J connectivity index is 1.84. The van der Waals surface area contributed by atoms with Gasteiger partial charge in [0.1, 0.15) is 0 Å². The largest absolute Gasteiger partial charge is 0.0730 e. The standard InChI is InChI=1S/C30H28/c1-18-6-5-7-22-23-11-8-19(2)15-27(23)30(26(22)14-18)28-16-20(3)9-12-24(28)25-13-10-21(4)17-29(25)30/h8-17H,5-7H2,1-4H3. The molecule has 0 nitrogen and oxygen atoms in total. The normalized spacial score (nSPS) is 17.9. The van der Waals surface area contributed by atoms with Gasteiger partial charge in [-0.1, -0.05) is 82.9 Å². The third-order valence-corrected chi connectivity index (χ3v) is 7.47. The van der Waals surface area contributed by atoms with Crippen molar-refractivity contribution in [3.63, 3.8) is 0 Å². The topological polar surface area (TPSA) is 0 Å². The number of fused-ring (bicyclic) bond motifs is 9.